The third-order valence-electron chi connectivity index (χ3n) is 6.14. The first-order chi connectivity index (χ1) is 15.8. The Bertz CT molecular complexity index is 1050. The fraction of sp³-hybridized carbons (Fsp3) is 0.652. The Kier molecular flexibility index (Phi) is 9.34. The molecule has 0 aromatic carbocycles. The van der Waals surface area contributed by atoms with Crippen molar-refractivity contribution in [3.8, 4) is 0 Å². The van der Waals surface area contributed by atoms with Crippen LogP contribution >= 0.6 is 23.1 Å². The lowest BCUT2D eigenvalue weighted by atomic mass is 9.86. The molecule has 3 amide bonds. The second-order valence-corrected chi connectivity index (χ2v) is 10.7. The Morgan fingerprint density at radius 2 is 2.03 bits per heavy atom. The molecule has 0 radical (unpaired) electrons. The van der Waals surface area contributed by atoms with Gasteiger partial charge in [0.05, 0.1) is 11.1 Å². The number of hydrogen-bond donors (Lipinski definition) is 2. The summed E-state index contributed by atoms with van der Waals surface area (Å²) >= 11 is 2.66. The molecule has 0 saturated heterocycles. The van der Waals surface area contributed by atoms with E-state index in [0.717, 1.165) is 29.7 Å². The second kappa shape index (κ2) is 12.0. The van der Waals surface area contributed by atoms with Gasteiger partial charge in [0, 0.05) is 30.7 Å². The molecule has 1 fully saturated rings. The summed E-state index contributed by atoms with van der Waals surface area (Å²) in [5.41, 5.74) is 0.860. The number of hydrogen-bond acceptors (Lipinski definition) is 7. The fourth-order valence-corrected chi connectivity index (χ4v) is 6.01. The van der Waals surface area contributed by atoms with Crippen LogP contribution in [0.4, 0.5) is 4.79 Å². The topological polar surface area (TPSA) is 102 Å². The van der Waals surface area contributed by atoms with E-state index >= 15 is 0 Å². The molecule has 1 aliphatic rings. The highest BCUT2D eigenvalue weighted by Crippen LogP contribution is 2.28. The van der Waals surface area contributed by atoms with Crippen LogP contribution in [0.15, 0.2) is 9.95 Å². The molecular formula is C23H34N4O4S2. The number of thioether (sulfide) groups is 1. The van der Waals surface area contributed by atoms with Gasteiger partial charge in [-0.3, -0.25) is 19.5 Å². The summed E-state index contributed by atoms with van der Waals surface area (Å²) in [6.07, 6.45) is 4.98. The van der Waals surface area contributed by atoms with E-state index in [0.29, 0.717) is 47.5 Å². The van der Waals surface area contributed by atoms with E-state index in [4.69, 9.17) is 9.72 Å². The number of imide groups is 1. The molecule has 33 heavy (non-hydrogen) atoms. The van der Waals surface area contributed by atoms with Crippen molar-refractivity contribution in [2.24, 2.45) is 5.92 Å². The van der Waals surface area contributed by atoms with Crippen LogP contribution in [0.1, 0.15) is 56.4 Å². The monoisotopic (exact) mass is 494 g/mol. The van der Waals surface area contributed by atoms with Gasteiger partial charge >= 0.3 is 6.03 Å². The molecule has 1 saturated carbocycles. The van der Waals surface area contributed by atoms with Crippen LogP contribution in [-0.2, 0) is 16.1 Å². The van der Waals surface area contributed by atoms with Crippen molar-refractivity contribution >= 4 is 45.3 Å². The SMILES string of the molecule is CCOCCCn1c(SCC(=O)NC(=O)NC2CCCCC2C)nc2sc(C)c(C)c2c1=O. The van der Waals surface area contributed by atoms with Gasteiger partial charge in [-0.2, -0.15) is 0 Å². The molecule has 2 aromatic rings. The number of carbonyl (C=O) groups excluding carboxylic acids is 2. The molecule has 0 bridgehead atoms. The molecule has 3 rings (SSSR count). The standard InChI is InChI=1S/C23H34N4O4S2/c1-5-31-12-8-11-27-21(29)19-15(3)16(4)33-20(19)26-23(27)32-13-18(28)25-22(30)24-17-10-7-6-9-14(17)2/h14,17H,5-13H2,1-4H3,(H2,24,25,28,30). The van der Waals surface area contributed by atoms with E-state index in [2.05, 4.69) is 17.6 Å². The predicted octanol–water partition coefficient (Wildman–Crippen LogP) is 4.00. The van der Waals surface area contributed by atoms with Crippen LogP contribution in [-0.4, -0.2) is 46.5 Å². The first-order valence-electron chi connectivity index (χ1n) is 11.6. The average molecular weight is 495 g/mol. The maximum Gasteiger partial charge on any atom is 0.321 e. The Labute approximate surface area is 202 Å². The van der Waals surface area contributed by atoms with Gasteiger partial charge in [-0.25, -0.2) is 9.78 Å². The van der Waals surface area contributed by atoms with Crippen LogP contribution in [0.2, 0.25) is 0 Å². The Balaban J connectivity index is 1.68. The summed E-state index contributed by atoms with van der Waals surface area (Å²) in [7, 11) is 0. The fourth-order valence-electron chi connectivity index (χ4n) is 4.11. The van der Waals surface area contributed by atoms with Gasteiger partial charge in [-0.1, -0.05) is 31.5 Å². The average Bonchev–Trinajstić information content (AvgIpc) is 3.06. The number of amides is 3. The molecule has 8 nitrogen and oxygen atoms in total. The van der Waals surface area contributed by atoms with Crippen LogP contribution < -0.4 is 16.2 Å². The summed E-state index contributed by atoms with van der Waals surface area (Å²) in [5, 5.41) is 6.48. The quantitative estimate of drug-likeness (QED) is 0.310. The van der Waals surface area contributed by atoms with Crippen molar-refractivity contribution in [3.05, 3.63) is 20.8 Å². The number of fused-ring (bicyclic) bond motifs is 1. The number of thiophene rings is 1. The van der Waals surface area contributed by atoms with E-state index in [-0.39, 0.29) is 17.4 Å². The third kappa shape index (κ3) is 6.58. The first kappa shape index (κ1) is 25.7. The van der Waals surface area contributed by atoms with Crippen LogP contribution in [0.5, 0.6) is 0 Å². The zero-order chi connectivity index (χ0) is 24.0. The zero-order valence-corrected chi connectivity index (χ0v) is 21.5. The highest BCUT2D eigenvalue weighted by Gasteiger charge is 2.24. The molecule has 0 spiro atoms. The van der Waals surface area contributed by atoms with Crippen molar-refractivity contribution in [1.82, 2.24) is 20.2 Å². The third-order valence-corrected chi connectivity index (χ3v) is 8.22. The van der Waals surface area contributed by atoms with Gasteiger partial charge in [0.15, 0.2) is 5.16 Å². The molecule has 10 heteroatoms. The highest BCUT2D eigenvalue weighted by molar-refractivity contribution is 7.99. The minimum absolute atomic E-state index is 0.000383. The minimum Gasteiger partial charge on any atom is -0.382 e. The molecule has 2 N–H and O–H groups in total. The number of carbonyl (C=O) groups is 2. The van der Waals surface area contributed by atoms with E-state index in [9.17, 15) is 14.4 Å². The van der Waals surface area contributed by atoms with Gasteiger partial charge in [-0.15, -0.1) is 11.3 Å². The van der Waals surface area contributed by atoms with Crippen molar-refractivity contribution in [2.75, 3.05) is 19.0 Å². The molecular weight excluding hydrogens is 460 g/mol. The van der Waals surface area contributed by atoms with Crippen molar-refractivity contribution in [1.29, 1.82) is 0 Å². The summed E-state index contributed by atoms with van der Waals surface area (Å²) in [4.78, 5) is 44.4. The van der Waals surface area contributed by atoms with Gasteiger partial charge in [0.1, 0.15) is 4.83 Å². The molecule has 0 aliphatic heterocycles. The number of rotatable bonds is 9. The van der Waals surface area contributed by atoms with Gasteiger partial charge in [0.2, 0.25) is 5.91 Å². The maximum absolute atomic E-state index is 13.2. The van der Waals surface area contributed by atoms with Gasteiger partial charge in [-0.05, 0) is 51.5 Å². The van der Waals surface area contributed by atoms with E-state index < -0.39 is 11.9 Å². The second-order valence-electron chi connectivity index (χ2n) is 8.54. The summed E-state index contributed by atoms with van der Waals surface area (Å²) in [6, 6.07) is -0.356. The molecule has 2 unspecified atom stereocenters. The number of nitrogens with zero attached hydrogens (tertiary/aromatic N) is 2. The van der Waals surface area contributed by atoms with Crippen LogP contribution in [0, 0.1) is 19.8 Å². The van der Waals surface area contributed by atoms with Gasteiger partial charge in [0.25, 0.3) is 5.56 Å². The lowest BCUT2D eigenvalue weighted by Gasteiger charge is -2.29. The van der Waals surface area contributed by atoms with E-state index in [1.54, 1.807) is 4.57 Å². The number of urea groups is 1. The Hall–Kier alpha value is -1.91. The Morgan fingerprint density at radius 3 is 2.76 bits per heavy atom. The maximum atomic E-state index is 13.2. The number of ether oxygens (including phenoxy) is 1. The normalized spacial score (nSPS) is 18.4. The lowest BCUT2D eigenvalue weighted by molar-refractivity contribution is -0.117. The smallest absolute Gasteiger partial charge is 0.321 e. The van der Waals surface area contributed by atoms with Crippen molar-refractivity contribution < 1.29 is 14.3 Å². The highest BCUT2D eigenvalue weighted by atomic mass is 32.2. The summed E-state index contributed by atoms with van der Waals surface area (Å²) in [5.74, 6) is 0.00358. The minimum atomic E-state index is -0.457. The number of nitrogens with one attached hydrogen (secondary N) is 2. The van der Waals surface area contributed by atoms with Crippen LogP contribution in [0.25, 0.3) is 10.2 Å². The van der Waals surface area contributed by atoms with Crippen molar-refractivity contribution in [2.45, 2.75) is 77.5 Å². The summed E-state index contributed by atoms with van der Waals surface area (Å²) < 4.78 is 7.04. The zero-order valence-electron chi connectivity index (χ0n) is 19.9. The molecule has 182 valence electrons. The molecule has 2 aromatic heterocycles. The predicted molar refractivity (Wildman–Crippen MR) is 133 cm³/mol. The first-order valence-corrected chi connectivity index (χ1v) is 13.4. The molecule has 2 heterocycles. The molecule has 1 aliphatic carbocycles. The largest absolute Gasteiger partial charge is 0.382 e. The lowest BCUT2D eigenvalue weighted by Crippen LogP contribution is -2.48. The van der Waals surface area contributed by atoms with Gasteiger partial charge < -0.3 is 10.1 Å². The summed E-state index contributed by atoms with van der Waals surface area (Å²) in [6.45, 7) is 9.61. The van der Waals surface area contributed by atoms with E-state index in [1.165, 1.54) is 29.5 Å². The number of aromatic nitrogens is 2. The Morgan fingerprint density at radius 1 is 1.27 bits per heavy atom. The van der Waals surface area contributed by atoms with E-state index in [1.807, 2.05) is 20.8 Å². The van der Waals surface area contributed by atoms with Crippen molar-refractivity contribution in [3.63, 3.8) is 0 Å². The molecule has 2 atom stereocenters. The number of aryl methyl sites for hydroxylation is 2. The van der Waals surface area contributed by atoms with Crippen LogP contribution in [0.3, 0.4) is 0 Å².